The van der Waals surface area contributed by atoms with Gasteiger partial charge in [-0.15, -0.1) is 0 Å². The van der Waals surface area contributed by atoms with Gasteiger partial charge >= 0.3 is 5.97 Å². The second-order valence-corrected chi connectivity index (χ2v) is 6.83. The number of nitrogens with one attached hydrogen (secondary N) is 1. The molecule has 0 saturated heterocycles. The summed E-state index contributed by atoms with van der Waals surface area (Å²) in [6.07, 6.45) is 0. The zero-order valence-corrected chi connectivity index (χ0v) is 16.6. The number of aryl methyl sites for hydroxylation is 2. The molecule has 0 atom stereocenters. The second kappa shape index (κ2) is 8.12. The van der Waals surface area contributed by atoms with Crippen LogP contribution in [0.15, 0.2) is 54.6 Å². The van der Waals surface area contributed by atoms with Crippen molar-refractivity contribution in [2.75, 3.05) is 11.1 Å². The minimum Gasteiger partial charge on any atom is -0.454 e. The summed E-state index contributed by atoms with van der Waals surface area (Å²) in [7, 11) is 0. The number of carbonyl (C=O) groups excluding carboxylic acids is 1. The number of anilines is 3. The Morgan fingerprint density at radius 1 is 1.00 bits per heavy atom. The molecule has 150 valence electrons. The smallest absolute Gasteiger partial charge is 0.339 e. The number of pyridine rings is 1. The average Bonchev–Trinajstić information content (AvgIpc) is 2.72. The van der Waals surface area contributed by atoms with Gasteiger partial charge in [0, 0.05) is 16.8 Å². The summed E-state index contributed by atoms with van der Waals surface area (Å²) in [5, 5.41) is 3.80. The lowest BCUT2D eigenvalue weighted by atomic mass is 10.1. The lowest BCUT2D eigenvalue weighted by molar-refractivity contribution is 0.0464. The molecule has 0 aliphatic carbocycles. The zero-order chi connectivity index (χ0) is 21.1. The van der Waals surface area contributed by atoms with Crippen LogP contribution < -0.4 is 11.1 Å². The molecule has 8 heteroatoms. The van der Waals surface area contributed by atoms with Crippen molar-refractivity contribution in [1.29, 1.82) is 0 Å². The fourth-order valence-electron chi connectivity index (χ4n) is 3.01. The number of hydrogen-bond acceptors (Lipinski definition) is 8. The number of nitrogens with zero attached hydrogens (tertiary/aromatic N) is 4. The van der Waals surface area contributed by atoms with E-state index < -0.39 is 5.97 Å². The number of rotatable bonds is 5. The van der Waals surface area contributed by atoms with Crippen molar-refractivity contribution in [1.82, 2.24) is 19.9 Å². The molecular formula is C22H20N6O2. The molecule has 0 unspecified atom stereocenters. The van der Waals surface area contributed by atoms with E-state index in [9.17, 15) is 4.79 Å². The van der Waals surface area contributed by atoms with Crippen LogP contribution in [-0.4, -0.2) is 25.9 Å². The first-order valence-electron chi connectivity index (χ1n) is 9.35. The summed E-state index contributed by atoms with van der Waals surface area (Å²) >= 11 is 0. The largest absolute Gasteiger partial charge is 0.454 e. The molecule has 2 heterocycles. The predicted octanol–water partition coefficient (Wildman–Crippen LogP) is 3.72. The van der Waals surface area contributed by atoms with Crippen molar-refractivity contribution in [2.24, 2.45) is 0 Å². The Hall–Kier alpha value is -4.07. The lowest BCUT2D eigenvalue weighted by Gasteiger charge is -2.10. The van der Waals surface area contributed by atoms with Crippen LogP contribution in [-0.2, 0) is 11.3 Å². The van der Waals surface area contributed by atoms with Gasteiger partial charge in [-0.05, 0) is 38.1 Å². The van der Waals surface area contributed by atoms with E-state index in [-0.39, 0.29) is 24.3 Å². The Kier molecular flexibility index (Phi) is 5.21. The van der Waals surface area contributed by atoms with Crippen LogP contribution in [0.3, 0.4) is 0 Å². The molecule has 2 aromatic heterocycles. The summed E-state index contributed by atoms with van der Waals surface area (Å²) in [5.41, 5.74) is 9.66. The number of fused-ring (bicyclic) bond motifs is 1. The quantitative estimate of drug-likeness (QED) is 0.487. The third-order valence-electron chi connectivity index (χ3n) is 4.40. The molecule has 4 aromatic rings. The Morgan fingerprint density at radius 2 is 1.77 bits per heavy atom. The first kappa shape index (κ1) is 19.3. The highest BCUT2D eigenvalue weighted by Gasteiger charge is 2.15. The SMILES string of the molecule is Cc1ccc(Nc2nc(N)nc(COC(=O)c3cc(C)nc4ccccc34)n2)cc1. The van der Waals surface area contributed by atoms with Crippen LogP contribution in [0.2, 0.25) is 0 Å². The number of esters is 1. The molecule has 2 aromatic carbocycles. The number of hydrogen-bond donors (Lipinski definition) is 2. The topological polar surface area (TPSA) is 116 Å². The van der Waals surface area contributed by atoms with E-state index in [1.165, 1.54) is 0 Å². The van der Waals surface area contributed by atoms with Crippen molar-refractivity contribution in [3.05, 3.63) is 77.2 Å². The minimum atomic E-state index is -0.483. The number of para-hydroxylation sites is 1. The molecule has 0 radical (unpaired) electrons. The monoisotopic (exact) mass is 400 g/mol. The van der Waals surface area contributed by atoms with Gasteiger partial charge in [-0.2, -0.15) is 15.0 Å². The molecule has 0 amide bonds. The lowest BCUT2D eigenvalue weighted by Crippen LogP contribution is -2.12. The molecule has 0 aliphatic heterocycles. The van der Waals surface area contributed by atoms with Crippen molar-refractivity contribution in [3.63, 3.8) is 0 Å². The standard InChI is InChI=1S/C22H20N6O2/c1-13-7-9-15(10-8-13)25-22-27-19(26-21(23)28-22)12-30-20(29)17-11-14(2)24-18-6-4-3-5-16(17)18/h3-11H,12H2,1-2H3,(H3,23,25,26,27,28). The summed E-state index contributed by atoms with van der Waals surface area (Å²) < 4.78 is 5.45. The minimum absolute atomic E-state index is 0.0378. The molecule has 0 fully saturated rings. The fraction of sp³-hybridized carbons (Fsp3) is 0.136. The third-order valence-corrected chi connectivity index (χ3v) is 4.40. The Bertz CT molecular complexity index is 1220. The average molecular weight is 400 g/mol. The van der Waals surface area contributed by atoms with Crippen molar-refractivity contribution >= 4 is 34.5 Å². The zero-order valence-electron chi connectivity index (χ0n) is 16.6. The molecule has 4 rings (SSSR count). The van der Waals surface area contributed by atoms with Crippen molar-refractivity contribution in [2.45, 2.75) is 20.5 Å². The second-order valence-electron chi connectivity index (χ2n) is 6.83. The molecule has 3 N–H and O–H groups in total. The van der Waals surface area contributed by atoms with E-state index in [0.717, 1.165) is 27.8 Å². The first-order chi connectivity index (χ1) is 14.5. The molecule has 0 spiro atoms. The number of nitrogens with two attached hydrogens (primary N) is 1. The van der Waals surface area contributed by atoms with Crippen LogP contribution in [0.5, 0.6) is 0 Å². The molecule has 0 bridgehead atoms. The fourth-order valence-corrected chi connectivity index (χ4v) is 3.01. The van der Waals surface area contributed by atoms with Crippen molar-refractivity contribution < 1.29 is 9.53 Å². The summed E-state index contributed by atoms with van der Waals surface area (Å²) in [5.74, 6) is 0.0859. The van der Waals surface area contributed by atoms with E-state index in [0.29, 0.717) is 5.56 Å². The van der Waals surface area contributed by atoms with E-state index >= 15 is 0 Å². The van der Waals surface area contributed by atoms with Gasteiger partial charge in [-0.3, -0.25) is 4.98 Å². The van der Waals surface area contributed by atoms with Gasteiger partial charge in [-0.1, -0.05) is 35.9 Å². The maximum atomic E-state index is 12.7. The number of aromatic nitrogens is 4. The summed E-state index contributed by atoms with van der Waals surface area (Å²) in [4.78, 5) is 29.6. The van der Waals surface area contributed by atoms with Crippen LogP contribution in [0.4, 0.5) is 17.6 Å². The molecule has 8 nitrogen and oxygen atoms in total. The van der Waals surface area contributed by atoms with Gasteiger partial charge in [0.2, 0.25) is 11.9 Å². The summed E-state index contributed by atoms with van der Waals surface area (Å²) in [6.45, 7) is 3.70. The predicted molar refractivity (Wildman–Crippen MR) is 114 cm³/mol. The maximum Gasteiger partial charge on any atom is 0.339 e. The van der Waals surface area contributed by atoms with Gasteiger partial charge < -0.3 is 15.8 Å². The molecule has 0 aliphatic rings. The Balaban J connectivity index is 1.52. The first-order valence-corrected chi connectivity index (χ1v) is 9.35. The van der Waals surface area contributed by atoms with Gasteiger partial charge in [0.1, 0.15) is 0 Å². The van der Waals surface area contributed by atoms with Crippen LogP contribution >= 0.6 is 0 Å². The van der Waals surface area contributed by atoms with E-state index in [4.69, 9.17) is 10.5 Å². The molecule has 0 saturated carbocycles. The van der Waals surface area contributed by atoms with E-state index in [1.807, 2.05) is 62.4 Å². The third kappa shape index (κ3) is 4.33. The van der Waals surface area contributed by atoms with Gasteiger partial charge in [0.15, 0.2) is 12.4 Å². The number of nitrogen functional groups attached to an aromatic ring is 1. The Labute approximate surface area is 173 Å². The highest BCUT2D eigenvalue weighted by Crippen LogP contribution is 2.20. The van der Waals surface area contributed by atoms with Crippen LogP contribution in [0, 0.1) is 13.8 Å². The molecular weight excluding hydrogens is 380 g/mol. The van der Waals surface area contributed by atoms with Crippen LogP contribution in [0.25, 0.3) is 10.9 Å². The maximum absolute atomic E-state index is 12.7. The number of benzene rings is 2. The summed E-state index contributed by atoms with van der Waals surface area (Å²) in [6, 6.07) is 16.9. The number of carbonyl (C=O) groups is 1. The Morgan fingerprint density at radius 3 is 2.57 bits per heavy atom. The van der Waals surface area contributed by atoms with Gasteiger partial charge in [0.05, 0.1) is 11.1 Å². The van der Waals surface area contributed by atoms with E-state index in [1.54, 1.807) is 6.07 Å². The van der Waals surface area contributed by atoms with Crippen LogP contribution in [0.1, 0.15) is 27.4 Å². The van der Waals surface area contributed by atoms with Crippen molar-refractivity contribution in [3.8, 4) is 0 Å². The highest BCUT2D eigenvalue weighted by molar-refractivity contribution is 6.03. The van der Waals surface area contributed by atoms with Gasteiger partial charge in [-0.25, -0.2) is 4.79 Å². The van der Waals surface area contributed by atoms with E-state index in [2.05, 4.69) is 25.3 Å². The van der Waals surface area contributed by atoms with Gasteiger partial charge in [0.25, 0.3) is 0 Å². The number of ether oxygens (including phenoxy) is 1. The normalized spacial score (nSPS) is 10.7. The highest BCUT2D eigenvalue weighted by atomic mass is 16.5. The molecule has 30 heavy (non-hydrogen) atoms.